The van der Waals surface area contributed by atoms with Crippen LogP contribution < -0.4 is 0 Å². The van der Waals surface area contributed by atoms with E-state index < -0.39 is 8.24 Å². The minimum Gasteiger partial charge on any atom is -0.469 e. The third kappa shape index (κ3) is 3.80. The summed E-state index contributed by atoms with van der Waals surface area (Å²) >= 11 is 0. The summed E-state index contributed by atoms with van der Waals surface area (Å²) in [4.78, 5) is 13.9. The molecule has 0 amide bonds. The number of carbonyl (C=O) groups is 1. The zero-order valence-electron chi connectivity index (χ0n) is 13.2. The molecule has 0 radical (unpaired) electrons. The van der Waals surface area contributed by atoms with Gasteiger partial charge in [0.2, 0.25) is 0 Å². The van der Waals surface area contributed by atoms with Crippen molar-refractivity contribution in [3.05, 3.63) is 0 Å². The Morgan fingerprint density at radius 1 is 1.21 bits per heavy atom. The zero-order chi connectivity index (χ0) is 14.5. The second kappa shape index (κ2) is 7.41. The summed E-state index contributed by atoms with van der Waals surface area (Å²) in [7, 11) is 0.233. The molecule has 1 heterocycles. The van der Waals surface area contributed by atoms with Crippen molar-refractivity contribution in [2.24, 2.45) is 5.92 Å². The average Bonchev–Trinajstić information content (AvgIpc) is 2.89. The Morgan fingerprint density at radius 2 is 1.79 bits per heavy atom. The lowest BCUT2D eigenvalue weighted by Gasteiger charge is -2.38. The summed E-state index contributed by atoms with van der Waals surface area (Å²) in [5.74, 6) is -0.116. The first-order valence-electron chi connectivity index (χ1n) is 7.58. The summed E-state index contributed by atoms with van der Waals surface area (Å²) in [6.45, 7) is 13.1. The topological polar surface area (TPSA) is 32.8 Å². The first-order valence-corrected chi connectivity index (χ1v) is 10.1. The van der Waals surface area contributed by atoms with E-state index in [1.54, 1.807) is 0 Å². The number of rotatable bonds is 7. The van der Waals surface area contributed by atoms with Crippen molar-refractivity contribution in [1.29, 1.82) is 0 Å². The lowest BCUT2D eigenvalue weighted by molar-refractivity contribution is -0.145. The zero-order valence-corrected chi connectivity index (χ0v) is 14.2. The monoisotopic (exact) mass is 286 g/mol. The molecule has 1 rings (SSSR count). The molecule has 112 valence electrons. The number of carbonyl (C=O) groups excluding carboxylic acids is 1. The Bertz CT molecular complexity index is 287. The predicted molar refractivity (Wildman–Crippen MR) is 81.5 cm³/mol. The Balaban J connectivity index is 2.56. The highest BCUT2D eigenvalue weighted by Gasteiger charge is 2.38. The summed E-state index contributed by atoms with van der Waals surface area (Å²) < 4.78 is 7.54. The van der Waals surface area contributed by atoms with Crippen LogP contribution in [0.4, 0.5) is 0 Å². The summed E-state index contributed by atoms with van der Waals surface area (Å²) in [5.41, 5.74) is 0. The molecule has 0 aromatic rings. The van der Waals surface area contributed by atoms with Gasteiger partial charge in [0, 0.05) is 26.3 Å². The van der Waals surface area contributed by atoms with E-state index in [2.05, 4.69) is 30.2 Å². The maximum absolute atomic E-state index is 11.5. The van der Waals surface area contributed by atoms with Crippen molar-refractivity contribution in [3.8, 4) is 0 Å². The third-order valence-corrected chi connectivity index (χ3v) is 10.5. The lowest BCUT2D eigenvalue weighted by Crippen LogP contribution is -2.51. The number of esters is 1. The molecular formula is C14H30N2O2Si. The van der Waals surface area contributed by atoms with Crippen LogP contribution in [-0.4, -0.2) is 57.1 Å². The first kappa shape index (κ1) is 16.7. The highest BCUT2D eigenvalue weighted by molar-refractivity contribution is 6.77. The molecule has 0 aliphatic carbocycles. The molecular weight excluding hydrogens is 256 g/mol. The van der Waals surface area contributed by atoms with Crippen molar-refractivity contribution in [3.63, 3.8) is 0 Å². The van der Waals surface area contributed by atoms with E-state index in [1.165, 1.54) is 31.8 Å². The molecule has 1 unspecified atom stereocenters. The quantitative estimate of drug-likeness (QED) is 0.531. The second-order valence-corrected chi connectivity index (χ2v) is 10.9. The van der Waals surface area contributed by atoms with Crippen LogP contribution in [-0.2, 0) is 9.53 Å². The van der Waals surface area contributed by atoms with Gasteiger partial charge in [-0.2, -0.15) is 0 Å². The second-order valence-electron chi connectivity index (χ2n) is 5.69. The minimum absolute atomic E-state index is 0.0223. The van der Waals surface area contributed by atoms with Gasteiger partial charge in [-0.3, -0.25) is 9.69 Å². The van der Waals surface area contributed by atoms with E-state index in [4.69, 9.17) is 4.74 Å². The molecule has 1 atom stereocenters. The number of ether oxygens (including phenoxy) is 1. The van der Waals surface area contributed by atoms with E-state index in [0.717, 1.165) is 19.8 Å². The first-order chi connectivity index (χ1) is 9.02. The van der Waals surface area contributed by atoms with E-state index in [1.807, 2.05) is 6.92 Å². The van der Waals surface area contributed by atoms with Crippen molar-refractivity contribution in [2.45, 2.75) is 45.8 Å². The predicted octanol–water partition coefficient (Wildman–Crippen LogP) is 2.38. The van der Waals surface area contributed by atoms with Crippen LogP contribution in [0.15, 0.2) is 0 Å². The van der Waals surface area contributed by atoms with Gasteiger partial charge in [0.15, 0.2) is 0 Å². The SMILES string of the molecule is CC[Si](CC)(CC)N1CCN(CC(C)C(=O)OC)C1. The van der Waals surface area contributed by atoms with Crippen LogP contribution in [0.25, 0.3) is 0 Å². The lowest BCUT2D eigenvalue weighted by atomic mass is 10.2. The Hall–Kier alpha value is -0.393. The molecule has 0 bridgehead atoms. The number of nitrogens with zero attached hydrogens (tertiary/aromatic N) is 2. The molecule has 1 aliphatic rings. The molecule has 4 nitrogen and oxygen atoms in total. The summed E-state index contributed by atoms with van der Waals surface area (Å²) in [5, 5.41) is 0. The number of hydrogen-bond donors (Lipinski definition) is 0. The number of hydrogen-bond acceptors (Lipinski definition) is 4. The van der Waals surface area contributed by atoms with Crippen molar-refractivity contribution in [2.75, 3.05) is 33.4 Å². The van der Waals surface area contributed by atoms with Crippen LogP contribution in [0, 0.1) is 5.92 Å². The number of methoxy groups -OCH3 is 1. The van der Waals surface area contributed by atoms with Crippen LogP contribution in [0.3, 0.4) is 0 Å². The fraction of sp³-hybridized carbons (Fsp3) is 0.929. The maximum atomic E-state index is 11.5. The van der Waals surface area contributed by atoms with Gasteiger partial charge in [-0.05, 0) is 18.1 Å². The highest BCUT2D eigenvalue weighted by Crippen LogP contribution is 2.27. The molecule has 0 spiro atoms. The van der Waals surface area contributed by atoms with Crippen LogP contribution in [0.1, 0.15) is 27.7 Å². The average molecular weight is 286 g/mol. The Kier molecular flexibility index (Phi) is 6.49. The smallest absolute Gasteiger partial charge is 0.309 e. The van der Waals surface area contributed by atoms with Gasteiger partial charge in [0.1, 0.15) is 8.24 Å². The molecule has 1 saturated heterocycles. The fourth-order valence-corrected chi connectivity index (χ4v) is 7.18. The summed E-state index contributed by atoms with van der Waals surface area (Å²) in [6.07, 6.45) is 0. The molecule has 0 aromatic heterocycles. The third-order valence-electron chi connectivity index (χ3n) is 4.84. The van der Waals surface area contributed by atoms with E-state index in [9.17, 15) is 4.79 Å². The molecule has 0 N–H and O–H groups in total. The molecule has 1 fully saturated rings. The van der Waals surface area contributed by atoms with Crippen molar-refractivity contribution < 1.29 is 9.53 Å². The normalized spacial score (nSPS) is 19.6. The van der Waals surface area contributed by atoms with Crippen LogP contribution >= 0.6 is 0 Å². The molecule has 19 heavy (non-hydrogen) atoms. The van der Waals surface area contributed by atoms with Gasteiger partial charge in [0.05, 0.1) is 13.0 Å². The standard InChI is InChI=1S/C14H30N2O2Si/c1-6-19(7-2,8-3)16-10-9-15(12-16)11-13(4)14(17)18-5/h13H,6-12H2,1-5H3. The van der Waals surface area contributed by atoms with E-state index >= 15 is 0 Å². The van der Waals surface area contributed by atoms with Gasteiger partial charge < -0.3 is 9.30 Å². The molecule has 0 saturated carbocycles. The molecule has 0 aromatic carbocycles. The summed E-state index contributed by atoms with van der Waals surface area (Å²) in [6, 6.07) is 4.00. The fourth-order valence-electron chi connectivity index (χ4n) is 3.27. The van der Waals surface area contributed by atoms with Gasteiger partial charge in [-0.1, -0.05) is 27.7 Å². The Morgan fingerprint density at radius 3 is 2.26 bits per heavy atom. The highest BCUT2D eigenvalue weighted by atomic mass is 28.3. The largest absolute Gasteiger partial charge is 0.469 e. The van der Waals surface area contributed by atoms with Gasteiger partial charge in [-0.15, -0.1) is 0 Å². The van der Waals surface area contributed by atoms with Crippen LogP contribution in [0.2, 0.25) is 18.1 Å². The van der Waals surface area contributed by atoms with Crippen LogP contribution in [0.5, 0.6) is 0 Å². The van der Waals surface area contributed by atoms with E-state index in [-0.39, 0.29) is 11.9 Å². The Labute approximate surface area is 119 Å². The molecule has 1 aliphatic heterocycles. The maximum Gasteiger partial charge on any atom is 0.309 e. The van der Waals surface area contributed by atoms with Gasteiger partial charge in [-0.25, -0.2) is 0 Å². The minimum atomic E-state index is -1.24. The molecule has 5 heteroatoms. The van der Waals surface area contributed by atoms with E-state index in [0.29, 0.717) is 0 Å². The van der Waals surface area contributed by atoms with Gasteiger partial charge >= 0.3 is 5.97 Å². The van der Waals surface area contributed by atoms with Crippen molar-refractivity contribution >= 4 is 14.2 Å². The van der Waals surface area contributed by atoms with Gasteiger partial charge in [0.25, 0.3) is 0 Å². The van der Waals surface area contributed by atoms with Crippen molar-refractivity contribution in [1.82, 2.24) is 9.47 Å².